The minimum atomic E-state index is 0. The number of thiophene rings is 1. The van der Waals surface area contributed by atoms with Gasteiger partial charge in [-0.2, -0.15) is 0 Å². The number of benzene rings is 1. The second kappa shape index (κ2) is 8.75. The molecule has 1 fully saturated rings. The second-order valence-electron chi connectivity index (χ2n) is 6.82. The zero-order valence-corrected chi connectivity index (χ0v) is 16.5. The summed E-state index contributed by atoms with van der Waals surface area (Å²) in [5.74, 6) is 1.75. The Balaban J connectivity index is 0.00000196. The van der Waals surface area contributed by atoms with Crippen LogP contribution in [-0.2, 0) is 6.54 Å². The van der Waals surface area contributed by atoms with Gasteiger partial charge in [-0.3, -0.25) is 4.90 Å². The second-order valence-corrected chi connectivity index (χ2v) is 7.80. The normalized spacial score (nSPS) is 17.0. The van der Waals surface area contributed by atoms with Crippen LogP contribution in [0.2, 0.25) is 0 Å². The van der Waals surface area contributed by atoms with Crippen LogP contribution in [0.4, 0.5) is 0 Å². The van der Waals surface area contributed by atoms with E-state index >= 15 is 0 Å². The van der Waals surface area contributed by atoms with Gasteiger partial charge in [0.25, 0.3) is 0 Å². The van der Waals surface area contributed by atoms with Crippen molar-refractivity contribution >= 4 is 23.7 Å². The van der Waals surface area contributed by atoms with E-state index in [0.717, 1.165) is 24.8 Å². The lowest BCUT2D eigenvalue weighted by Gasteiger charge is -2.35. The van der Waals surface area contributed by atoms with E-state index < -0.39 is 0 Å². The summed E-state index contributed by atoms with van der Waals surface area (Å²) in [5, 5.41) is 14.9. The highest BCUT2D eigenvalue weighted by Gasteiger charge is 2.30. The minimum Gasteiger partial charge on any atom is -0.289 e. The van der Waals surface area contributed by atoms with Gasteiger partial charge in [-0.05, 0) is 59.3 Å². The maximum Gasteiger partial charge on any atom is 0.174 e. The predicted octanol–water partition coefficient (Wildman–Crippen LogP) is 4.03. The van der Waals surface area contributed by atoms with Crippen LogP contribution in [0.1, 0.15) is 42.1 Å². The molecule has 1 saturated heterocycles. The Morgan fingerprint density at radius 3 is 2.58 bits per heavy atom. The van der Waals surface area contributed by atoms with Crippen LogP contribution in [0.5, 0.6) is 0 Å². The largest absolute Gasteiger partial charge is 0.289 e. The summed E-state index contributed by atoms with van der Waals surface area (Å²) in [7, 11) is 0. The Morgan fingerprint density at radius 2 is 1.88 bits per heavy atom. The summed E-state index contributed by atoms with van der Waals surface area (Å²) in [6, 6.07) is 14.9. The maximum absolute atomic E-state index is 4.43. The molecule has 7 heteroatoms. The molecular formula is C19H24ClN5S. The molecule has 1 unspecified atom stereocenters. The van der Waals surface area contributed by atoms with Crippen molar-refractivity contribution < 1.29 is 0 Å². The Hall–Kier alpha value is -1.76. The number of likely N-dealkylation sites (tertiary alicyclic amines) is 1. The van der Waals surface area contributed by atoms with Crippen molar-refractivity contribution in [1.29, 1.82) is 0 Å². The third-order valence-corrected chi connectivity index (χ3v) is 5.90. The molecule has 3 heterocycles. The number of halogens is 1. The van der Waals surface area contributed by atoms with E-state index in [-0.39, 0.29) is 18.4 Å². The molecule has 1 aliphatic rings. The van der Waals surface area contributed by atoms with Crippen LogP contribution < -0.4 is 0 Å². The fraction of sp³-hybridized carbons (Fsp3) is 0.421. The van der Waals surface area contributed by atoms with E-state index in [0.29, 0.717) is 6.54 Å². The number of hydrogen-bond donors (Lipinski definition) is 0. The molecule has 138 valence electrons. The summed E-state index contributed by atoms with van der Waals surface area (Å²) < 4.78 is 1.96. The zero-order chi connectivity index (χ0) is 17.1. The fourth-order valence-corrected chi connectivity index (χ4v) is 4.34. The Bertz CT molecular complexity index is 781. The van der Waals surface area contributed by atoms with E-state index in [1.54, 1.807) is 11.3 Å². The minimum absolute atomic E-state index is 0. The number of piperidine rings is 1. The summed E-state index contributed by atoms with van der Waals surface area (Å²) in [5.41, 5.74) is 1.22. The molecule has 0 bridgehead atoms. The smallest absolute Gasteiger partial charge is 0.174 e. The van der Waals surface area contributed by atoms with E-state index in [4.69, 9.17) is 0 Å². The first kappa shape index (κ1) is 19.0. The van der Waals surface area contributed by atoms with Crippen LogP contribution in [0.15, 0.2) is 47.8 Å². The molecule has 0 saturated carbocycles. The van der Waals surface area contributed by atoms with Crippen molar-refractivity contribution in [3.8, 4) is 0 Å². The Labute approximate surface area is 164 Å². The number of nitrogens with zero attached hydrogens (tertiary/aromatic N) is 5. The maximum atomic E-state index is 4.43. The lowest BCUT2D eigenvalue weighted by Crippen LogP contribution is -2.37. The van der Waals surface area contributed by atoms with Gasteiger partial charge in [0.15, 0.2) is 5.82 Å². The highest BCUT2D eigenvalue weighted by atomic mass is 35.5. The van der Waals surface area contributed by atoms with Gasteiger partial charge >= 0.3 is 0 Å². The molecule has 1 aliphatic heterocycles. The van der Waals surface area contributed by atoms with Crippen molar-refractivity contribution in [3.63, 3.8) is 0 Å². The van der Waals surface area contributed by atoms with Crippen LogP contribution in [0, 0.1) is 5.92 Å². The van der Waals surface area contributed by atoms with Gasteiger partial charge in [0.1, 0.15) is 6.04 Å². The Kier molecular flexibility index (Phi) is 6.40. The van der Waals surface area contributed by atoms with Crippen LogP contribution in [0.3, 0.4) is 0 Å². The van der Waals surface area contributed by atoms with E-state index in [9.17, 15) is 0 Å². The number of tetrazole rings is 1. The van der Waals surface area contributed by atoms with Crippen LogP contribution >= 0.6 is 23.7 Å². The quantitative estimate of drug-likeness (QED) is 0.661. The highest BCUT2D eigenvalue weighted by Crippen LogP contribution is 2.33. The zero-order valence-electron chi connectivity index (χ0n) is 14.9. The van der Waals surface area contributed by atoms with E-state index in [1.807, 2.05) is 10.7 Å². The molecule has 0 amide bonds. The molecule has 0 N–H and O–H groups in total. The SMILES string of the molecule is CC1CCN(C(c2cccs2)c2nnnn2Cc2ccccc2)CC1.Cl. The van der Waals surface area contributed by atoms with Gasteiger partial charge in [-0.15, -0.1) is 28.8 Å². The first-order valence-electron chi connectivity index (χ1n) is 8.88. The van der Waals surface area contributed by atoms with Crippen molar-refractivity contribution in [1.82, 2.24) is 25.1 Å². The third-order valence-electron chi connectivity index (χ3n) is 4.98. The van der Waals surface area contributed by atoms with Crippen molar-refractivity contribution in [2.75, 3.05) is 13.1 Å². The number of aromatic nitrogens is 4. The van der Waals surface area contributed by atoms with Crippen LogP contribution in [0.25, 0.3) is 0 Å². The van der Waals surface area contributed by atoms with Gasteiger partial charge in [0.05, 0.1) is 6.54 Å². The number of hydrogen-bond acceptors (Lipinski definition) is 5. The standard InChI is InChI=1S/C19H23N5S.ClH/c1-15-9-11-23(12-10-15)18(17-8-5-13-25-17)19-20-21-22-24(19)14-16-6-3-2-4-7-16;/h2-8,13,15,18H,9-12,14H2,1H3;1H. The molecule has 26 heavy (non-hydrogen) atoms. The molecule has 1 aromatic carbocycles. The average Bonchev–Trinajstić information content (AvgIpc) is 3.31. The summed E-state index contributed by atoms with van der Waals surface area (Å²) in [6.45, 7) is 5.25. The summed E-state index contributed by atoms with van der Waals surface area (Å²) in [4.78, 5) is 3.86. The van der Waals surface area contributed by atoms with E-state index in [2.05, 4.69) is 69.1 Å². The lowest BCUT2D eigenvalue weighted by molar-refractivity contribution is 0.152. The monoisotopic (exact) mass is 389 g/mol. The third kappa shape index (κ3) is 4.14. The van der Waals surface area contributed by atoms with Crippen LogP contribution in [-0.4, -0.2) is 38.2 Å². The van der Waals surface area contributed by atoms with Gasteiger partial charge in [0.2, 0.25) is 0 Å². The van der Waals surface area contributed by atoms with Gasteiger partial charge < -0.3 is 0 Å². The molecule has 0 aliphatic carbocycles. The molecule has 0 spiro atoms. The first-order chi connectivity index (χ1) is 12.3. The topological polar surface area (TPSA) is 46.8 Å². The van der Waals surface area contributed by atoms with Gasteiger partial charge in [-0.1, -0.05) is 43.3 Å². The predicted molar refractivity (Wildman–Crippen MR) is 107 cm³/mol. The fourth-order valence-electron chi connectivity index (χ4n) is 3.48. The molecular weight excluding hydrogens is 366 g/mol. The lowest BCUT2D eigenvalue weighted by atomic mass is 9.97. The van der Waals surface area contributed by atoms with E-state index in [1.165, 1.54) is 23.3 Å². The molecule has 1 atom stereocenters. The van der Waals surface area contributed by atoms with Crippen molar-refractivity contribution in [2.24, 2.45) is 5.92 Å². The van der Waals surface area contributed by atoms with Crippen molar-refractivity contribution in [2.45, 2.75) is 32.4 Å². The first-order valence-corrected chi connectivity index (χ1v) is 9.76. The average molecular weight is 390 g/mol. The molecule has 2 aromatic heterocycles. The summed E-state index contributed by atoms with van der Waals surface area (Å²) >= 11 is 1.79. The number of rotatable bonds is 5. The molecule has 0 radical (unpaired) electrons. The molecule has 4 rings (SSSR count). The van der Waals surface area contributed by atoms with Gasteiger partial charge in [0, 0.05) is 4.88 Å². The summed E-state index contributed by atoms with van der Waals surface area (Å²) in [6.07, 6.45) is 2.48. The van der Waals surface area contributed by atoms with Crippen molar-refractivity contribution in [3.05, 3.63) is 64.1 Å². The Morgan fingerprint density at radius 1 is 1.12 bits per heavy atom. The molecule has 3 aromatic rings. The van der Waals surface area contributed by atoms with Gasteiger partial charge in [-0.25, -0.2) is 4.68 Å². The highest BCUT2D eigenvalue weighted by molar-refractivity contribution is 7.10. The molecule has 5 nitrogen and oxygen atoms in total.